The van der Waals surface area contributed by atoms with Crippen molar-refractivity contribution >= 4 is 15.0 Å². The smallest absolute Gasteiger partial charge is 0.159 e. The van der Waals surface area contributed by atoms with E-state index >= 15 is 0 Å². The maximum atomic E-state index is 10.9. The van der Waals surface area contributed by atoms with Crippen molar-refractivity contribution < 1.29 is 4.79 Å². The van der Waals surface area contributed by atoms with E-state index in [1.165, 1.54) is 5.56 Å². The van der Waals surface area contributed by atoms with Gasteiger partial charge in [0.05, 0.1) is 0 Å². The molecule has 1 aromatic rings. The van der Waals surface area contributed by atoms with E-state index in [9.17, 15) is 4.79 Å². The fourth-order valence-electron chi connectivity index (χ4n) is 0.917. The molecule has 0 aliphatic rings. The van der Waals surface area contributed by atoms with Crippen LogP contribution in [0, 0.1) is 0 Å². The van der Waals surface area contributed by atoms with Crippen molar-refractivity contribution in [2.45, 2.75) is 13.1 Å². The Morgan fingerprint density at radius 3 is 2.82 bits per heavy atom. The molecule has 11 heavy (non-hydrogen) atoms. The lowest BCUT2D eigenvalue weighted by Crippen LogP contribution is -1.91. The van der Waals surface area contributed by atoms with Gasteiger partial charge >= 0.3 is 0 Å². The predicted octanol–water partition coefficient (Wildman–Crippen LogP) is 2.26. The summed E-state index contributed by atoms with van der Waals surface area (Å²) in [4.78, 5) is 10.9. The average Bonchev–Trinajstić information content (AvgIpc) is 2.05. The molecule has 0 aliphatic heterocycles. The standard InChI is InChI=1S/C9H11OP/c1-7(10)9-4-2-3-8(5-9)6-11/h2-5H,6,11H2,1H3. The molecule has 0 heterocycles. The van der Waals surface area contributed by atoms with Crippen molar-refractivity contribution in [3.05, 3.63) is 35.4 Å². The van der Waals surface area contributed by atoms with Crippen LogP contribution in [-0.2, 0) is 6.16 Å². The van der Waals surface area contributed by atoms with Gasteiger partial charge in [0.25, 0.3) is 0 Å². The highest BCUT2D eigenvalue weighted by atomic mass is 31.0. The third kappa shape index (κ3) is 2.13. The van der Waals surface area contributed by atoms with Crippen molar-refractivity contribution in [2.75, 3.05) is 0 Å². The summed E-state index contributed by atoms with van der Waals surface area (Å²) < 4.78 is 0. The third-order valence-corrected chi connectivity index (χ3v) is 2.04. The first-order chi connectivity index (χ1) is 5.24. The molecule has 58 valence electrons. The quantitative estimate of drug-likeness (QED) is 0.486. The van der Waals surface area contributed by atoms with Crippen molar-refractivity contribution in [2.24, 2.45) is 0 Å². The molecule has 1 aromatic carbocycles. The molecule has 2 heteroatoms. The SMILES string of the molecule is CC(=O)c1cccc(CP)c1. The molecule has 0 radical (unpaired) electrons. The zero-order chi connectivity index (χ0) is 8.27. The Kier molecular flexibility index (Phi) is 2.78. The average molecular weight is 166 g/mol. The zero-order valence-corrected chi connectivity index (χ0v) is 7.66. The molecule has 1 nitrogen and oxygen atoms in total. The largest absolute Gasteiger partial charge is 0.295 e. The van der Waals surface area contributed by atoms with Gasteiger partial charge in [0.15, 0.2) is 5.78 Å². The molecular weight excluding hydrogens is 155 g/mol. The molecule has 0 spiro atoms. The van der Waals surface area contributed by atoms with E-state index in [2.05, 4.69) is 9.24 Å². The van der Waals surface area contributed by atoms with Gasteiger partial charge in [0, 0.05) is 5.56 Å². The van der Waals surface area contributed by atoms with Crippen molar-refractivity contribution in [1.29, 1.82) is 0 Å². The summed E-state index contributed by atoms with van der Waals surface area (Å²) in [6.45, 7) is 1.59. The lowest BCUT2D eigenvalue weighted by atomic mass is 10.1. The van der Waals surface area contributed by atoms with E-state index in [0.29, 0.717) is 0 Å². The number of carbonyl (C=O) groups excluding carboxylic acids is 1. The monoisotopic (exact) mass is 166 g/mol. The van der Waals surface area contributed by atoms with Gasteiger partial charge in [-0.3, -0.25) is 4.79 Å². The third-order valence-electron chi connectivity index (χ3n) is 1.57. The number of carbonyl (C=O) groups is 1. The molecule has 0 aliphatic carbocycles. The molecule has 0 saturated heterocycles. The Bertz CT molecular complexity index is 268. The molecule has 0 fully saturated rings. The first-order valence-corrected chi connectivity index (χ1v) is 4.35. The predicted molar refractivity (Wildman–Crippen MR) is 49.9 cm³/mol. The van der Waals surface area contributed by atoms with Crippen molar-refractivity contribution in [1.82, 2.24) is 0 Å². The summed E-state index contributed by atoms with van der Waals surface area (Å²) in [5.41, 5.74) is 1.98. The first-order valence-electron chi connectivity index (χ1n) is 3.54. The second-order valence-corrected chi connectivity index (χ2v) is 2.87. The summed E-state index contributed by atoms with van der Waals surface area (Å²) in [6, 6.07) is 7.69. The minimum Gasteiger partial charge on any atom is -0.295 e. The van der Waals surface area contributed by atoms with Gasteiger partial charge in [0.2, 0.25) is 0 Å². The van der Waals surface area contributed by atoms with Gasteiger partial charge in [-0.15, -0.1) is 9.24 Å². The van der Waals surface area contributed by atoms with Gasteiger partial charge in [-0.2, -0.15) is 0 Å². The van der Waals surface area contributed by atoms with Crippen LogP contribution in [0.5, 0.6) is 0 Å². The van der Waals surface area contributed by atoms with Crippen LogP contribution >= 0.6 is 9.24 Å². The second-order valence-electron chi connectivity index (χ2n) is 2.46. The molecule has 1 unspecified atom stereocenters. The molecule has 1 rings (SSSR count). The van der Waals surface area contributed by atoms with E-state index in [0.717, 1.165) is 11.7 Å². The molecule has 0 amide bonds. The lowest BCUT2D eigenvalue weighted by molar-refractivity contribution is 0.101. The fourth-order valence-corrected chi connectivity index (χ4v) is 1.17. The molecule has 0 N–H and O–H groups in total. The van der Waals surface area contributed by atoms with Crippen molar-refractivity contribution in [3.63, 3.8) is 0 Å². The van der Waals surface area contributed by atoms with E-state index < -0.39 is 0 Å². The second kappa shape index (κ2) is 3.64. The number of hydrogen-bond acceptors (Lipinski definition) is 1. The summed E-state index contributed by atoms with van der Waals surface area (Å²) in [5.74, 6) is 0.130. The van der Waals surface area contributed by atoms with E-state index in [-0.39, 0.29) is 5.78 Å². The number of ketones is 1. The summed E-state index contributed by atoms with van der Waals surface area (Å²) in [6.07, 6.45) is 0.904. The van der Waals surface area contributed by atoms with Crippen molar-refractivity contribution in [3.8, 4) is 0 Å². The fraction of sp³-hybridized carbons (Fsp3) is 0.222. The van der Waals surface area contributed by atoms with Gasteiger partial charge in [-0.25, -0.2) is 0 Å². The minimum absolute atomic E-state index is 0.130. The Labute approximate surface area is 69.0 Å². The van der Waals surface area contributed by atoms with Gasteiger partial charge in [-0.1, -0.05) is 18.2 Å². The summed E-state index contributed by atoms with van der Waals surface area (Å²) >= 11 is 0. The first kappa shape index (κ1) is 8.42. The van der Waals surface area contributed by atoms with Crippen LogP contribution < -0.4 is 0 Å². The van der Waals surface area contributed by atoms with Crippen LogP contribution in [0.25, 0.3) is 0 Å². The van der Waals surface area contributed by atoms with Crippen LogP contribution in [0.3, 0.4) is 0 Å². The molecule has 0 bridgehead atoms. The van der Waals surface area contributed by atoms with Crippen LogP contribution in [0.4, 0.5) is 0 Å². The Hall–Kier alpha value is -0.680. The molecular formula is C9H11OP. The summed E-state index contributed by atoms with van der Waals surface area (Å²) in [7, 11) is 2.64. The molecule has 0 aromatic heterocycles. The highest BCUT2D eigenvalue weighted by molar-refractivity contribution is 7.15. The zero-order valence-electron chi connectivity index (χ0n) is 6.50. The highest BCUT2D eigenvalue weighted by Gasteiger charge is 1.97. The van der Waals surface area contributed by atoms with E-state index in [1.807, 2.05) is 24.3 Å². The van der Waals surface area contributed by atoms with Crippen LogP contribution in [0.1, 0.15) is 22.8 Å². The highest BCUT2D eigenvalue weighted by Crippen LogP contribution is 2.08. The van der Waals surface area contributed by atoms with Gasteiger partial charge in [0.1, 0.15) is 0 Å². The van der Waals surface area contributed by atoms with E-state index in [1.54, 1.807) is 6.92 Å². The maximum Gasteiger partial charge on any atom is 0.159 e. The molecule has 1 atom stereocenters. The number of Topliss-reactive ketones (excluding diaryl/α,β-unsaturated/α-hetero) is 1. The van der Waals surface area contributed by atoms with Crippen LogP contribution in [0.15, 0.2) is 24.3 Å². The maximum absolute atomic E-state index is 10.9. The summed E-state index contributed by atoms with van der Waals surface area (Å²) in [5, 5.41) is 0. The Morgan fingerprint density at radius 2 is 2.27 bits per heavy atom. The number of rotatable bonds is 2. The Morgan fingerprint density at radius 1 is 1.55 bits per heavy atom. The van der Waals surface area contributed by atoms with Crippen LogP contribution in [-0.4, -0.2) is 5.78 Å². The van der Waals surface area contributed by atoms with Gasteiger partial charge < -0.3 is 0 Å². The van der Waals surface area contributed by atoms with E-state index in [4.69, 9.17) is 0 Å². The number of hydrogen-bond donors (Lipinski definition) is 0. The van der Waals surface area contributed by atoms with Gasteiger partial charge in [-0.05, 0) is 24.7 Å². The number of benzene rings is 1. The minimum atomic E-state index is 0.130. The Balaban J connectivity index is 3.01. The molecule has 0 saturated carbocycles. The normalized spacial score (nSPS) is 9.64. The lowest BCUT2D eigenvalue weighted by Gasteiger charge is -1.97. The van der Waals surface area contributed by atoms with Crippen LogP contribution in [0.2, 0.25) is 0 Å². The topological polar surface area (TPSA) is 17.1 Å².